The molecule has 2 aliphatic rings. The Morgan fingerprint density at radius 2 is 2.00 bits per heavy atom. The van der Waals surface area contributed by atoms with E-state index in [0.717, 1.165) is 13.1 Å². The average molecular weight is 189 g/mol. The maximum atomic E-state index is 12.6. The number of piperidine rings is 1. The van der Waals surface area contributed by atoms with Gasteiger partial charge in [0.25, 0.3) is 5.92 Å². The summed E-state index contributed by atoms with van der Waals surface area (Å²) >= 11 is 0. The molecule has 0 N–H and O–H groups in total. The van der Waals surface area contributed by atoms with Crippen LogP contribution in [0.25, 0.3) is 0 Å². The number of nitrogens with zero attached hydrogens (tertiary/aromatic N) is 1. The van der Waals surface area contributed by atoms with Gasteiger partial charge in [0.15, 0.2) is 0 Å². The standard InChI is InChI=1S/C10H17F2N/c1-8-3-2-4-13(7-8)9-5-10(11,12)6-9/h8-9H,2-7H2,1H3. The highest BCUT2D eigenvalue weighted by atomic mass is 19.3. The lowest BCUT2D eigenvalue weighted by atomic mass is 9.85. The van der Waals surface area contributed by atoms with Crippen molar-refractivity contribution in [2.45, 2.75) is 44.6 Å². The van der Waals surface area contributed by atoms with E-state index in [1.54, 1.807) is 0 Å². The van der Waals surface area contributed by atoms with Crippen LogP contribution in [0.4, 0.5) is 8.78 Å². The van der Waals surface area contributed by atoms with Gasteiger partial charge in [-0.1, -0.05) is 6.92 Å². The lowest BCUT2D eigenvalue weighted by Crippen LogP contribution is -2.53. The molecule has 1 saturated carbocycles. The van der Waals surface area contributed by atoms with Crippen LogP contribution in [0.15, 0.2) is 0 Å². The van der Waals surface area contributed by atoms with E-state index in [1.807, 2.05) is 0 Å². The second kappa shape index (κ2) is 3.19. The van der Waals surface area contributed by atoms with Gasteiger partial charge < -0.3 is 0 Å². The third kappa shape index (κ3) is 2.01. The van der Waals surface area contributed by atoms with E-state index in [4.69, 9.17) is 0 Å². The Hall–Kier alpha value is -0.180. The van der Waals surface area contributed by atoms with E-state index >= 15 is 0 Å². The summed E-state index contributed by atoms with van der Waals surface area (Å²) in [6.45, 7) is 4.27. The van der Waals surface area contributed by atoms with E-state index in [9.17, 15) is 8.78 Å². The Morgan fingerprint density at radius 1 is 1.31 bits per heavy atom. The number of halogens is 2. The molecule has 2 rings (SSSR count). The molecule has 76 valence electrons. The SMILES string of the molecule is CC1CCCN(C2CC(F)(F)C2)C1. The number of hydrogen-bond acceptors (Lipinski definition) is 1. The van der Waals surface area contributed by atoms with Crippen LogP contribution in [-0.4, -0.2) is 30.0 Å². The Balaban J connectivity index is 1.82. The lowest BCUT2D eigenvalue weighted by molar-refractivity contribution is -0.129. The molecular formula is C10H17F2N. The number of likely N-dealkylation sites (tertiary alicyclic amines) is 1. The first-order valence-corrected chi connectivity index (χ1v) is 5.19. The molecule has 0 aromatic heterocycles. The van der Waals surface area contributed by atoms with E-state index in [1.165, 1.54) is 12.8 Å². The molecule has 1 atom stereocenters. The van der Waals surface area contributed by atoms with E-state index in [2.05, 4.69) is 11.8 Å². The van der Waals surface area contributed by atoms with Gasteiger partial charge in [-0.25, -0.2) is 8.78 Å². The fraction of sp³-hybridized carbons (Fsp3) is 1.00. The van der Waals surface area contributed by atoms with Crippen LogP contribution in [0.3, 0.4) is 0 Å². The van der Waals surface area contributed by atoms with Gasteiger partial charge >= 0.3 is 0 Å². The predicted molar refractivity (Wildman–Crippen MR) is 47.9 cm³/mol. The molecule has 13 heavy (non-hydrogen) atoms. The van der Waals surface area contributed by atoms with Gasteiger partial charge in [0.2, 0.25) is 0 Å². The molecular weight excluding hydrogens is 172 g/mol. The third-order valence-electron chi connectivity index (χ3n) is 3.27. The number of alkyl halides is 2. The summed E-state index contributed by atoms with van der Waals surface area (Å²) in [7, 11) is 0. The first-order chi connectivity index (χ1) is 6.07. The topological polar surface area (TPSA) is 3.24 Å². The number of rotatable bonds is 1. The average Bonchev–Trinajstić information content (AvgIpc) is 2.00. The molecule has 0 spiro atoms. The Kier molecular flexibility index (Phi) is 2.30. The summed E-state index contributed by atoms with van der Waals surface area (Å²) in [5.41, 5.74) is 0. The van der Waals surface area contributed by atoms with Crippen molar-refractivity contribution in [2.24, 2.45) is 5.92 Å². The molecule has 0 bridgehead atoms. The second-order valence-corrected chi connectivity index (χ2v) is 4.66. The van der Waals surface area contributed by atoms with Crippen molar-refractivity contribution in [1.82, 2.24) is 4.90 Å². The predicted octanol–water partition coefficient (Wildman–Crippen LogP) is 2.52. The highest BCUT2D eigenvalue weighted by Gasteiger charge is 2.48. The molecule has 1 nitrogen and oxygen atoms in total. The maximum Gasteiger partial charge on any atom is 0.251 e. The van der Waals surface area contributed by atoms with Crippen molar-refractivity contribution in [2.75, 3.05) is 13.1 Å². The van der Waals surface area contributed by atoms with Gasteiger partial charge in [0.05, 0.1) is 0 Å². The monoisotopic (exact) mass is 189 g/mol. The normalized spacial score (nSPS) is 35.8. The fourth-order valence-electron chi connectivity index (χ4n) is 2.45. The van der Waals surface area contributed by atoms with Crippen molar-refractivity contribution in [3.63, 3.8) is 0 Å². The van der Waals surface area contributed by atoms with Crippen molar-refractivity contribution < 1.29 is 8.78 Å². The molecule has 0 amide bonds. The smallest absolute Gasteiger partial charge is 0.251 e. The molecule has 1 heterocycles. The molecule has 1 aliphatic carbocycles. The lowest BCUT2D eigenvalue weighted by Gasteiger charge is -2.45. The molecule has 3 heteroatoms. The first kappa shape index (κ1) is 9.38. The zero-order valence-electron chi connectivity index (χ0n) is 8.10. The zero-order chi connectivity index (χ0) is 9.47. The van der Waals surface area contributed by atoms with Crippen molar-refractivity contribution in [3.8, 4) is 0 Å². The molecule has 0 aromatic rings. The van der Waals surface area contributed by atoms with Crippen LogP contribution >= 0.6 is 0 Å². The minimum Gasteiger partial charge on any atom is -0.300 e. The minimum absolute atomic E-state index is 0.0969. The van der Waals surface area contributed by atoms with Crippen LogP contribution in [0, 0.1) is 5.92 Å². The summed E-state index contributed by atoms with van der Waals surface area (Å²) in [6, 6.07) is 0.178. The highest BCUT2D eigenvalue weighted by Crippen LogP contribution is 2.41. The van der Waals surface area contributed by atoms with Crippen molar-refractivity contribution in [1.29, 1.82) is 0 Å². The van der Waals surface area contributed by atoms with Crippen LogP contribution in [0.5, 0.6) is 0 Å². The van der Waals surface area contributed by atoms with Crippen LogP contribution in [-0.2, 0) is 0 Å². The molecule has 0 radical (unpaired) electrons. The zero-order valence-corrected chi connectivity index (χ0v) is 8.10. The number of hydrogen-bond donors (Lipinski definition) is 0. The Labute approximate surface area is 78.1 Å². The molecule has 0 aromatic carbocycles. The maximum absolute atomic E-state index is 12.6. The first-order valence-electron chi connectivity index (χ1n) is 5.19. The quantitative estimate of drug-likeness (QED) is 0.612. The van der Waals surface area contributed by atoms with Gasteiger partial charge in [-0.05, 0) is 25.3 Å². The molecule has 2 fully saturated rings. The van der Waals surface area contributed by atoms with Crippen molar-refractivity contribution >= 4 is 0 Å². The Morgan fingerprint density at radius 3 is 2.54 bits per heavy atom. The van der Waals surface area contributed by atoms with Crippen LogP contribution in [0.1, 0.15) is 32.6 Å². The molecule has 1 saturated heterocycles. The van der Waals surface area contributed by atoms with Crippen LogP contribution in [0.2, 0.25) is 0 Å². The second-order valence-electron chi connectivity index (χ2n) is 4.66. The molecule has 1 aliphatic heterocycles. The van der Waals surface area contributed by atoms with E-state index in [0.29, 0.717) is 5.92 Å². The van der Waals surface area contributed by atoms with E-state index < -0.39 is 5.92 Å². The van der Waals surface area contributed by atoms with Gasteiger partial charge in [0.1, 0.15) is 0 Å². The van der Waals surface area contributed by atoms with Crippen LogP contribution < -0.4 is 0 Å². The highest BCUT2D eigenvalue weighted by molar-refractivity contribution is 4.94. The largest absolute Gasteiger partial charge is 0.300 e. The summed E-state index contributed by atoms with van der Waals surface area (Å²) in [6.07, 6.45) is 2.64. The summed E-state index contributed by atoms with van der Waals surface area (Å²) in [4.78, 5) is 2.26. The van der Waals surface area contributed by atoms with Crippen molar-refractivity contribution in [3.05, 3.63) is 0 Å². The third-order valence-corrected chi connectivity index (χ3v) is 3.27. The van der Waals surface area contributed by atoms with E-state index in [-0.39, 0.29) is 18.9 Å². The van der Waals surface area contributed by atoms with Gasteiger partial charge in [-0.15, -0.1) is 0 Å². The molecule has 1 unspecified atom stereocenters. The fourth-order valence-corrected chi connectivity index (χ4v) is 2.45. The minimum atomic E-state index is -2.36. The summed E-state index contributed by atoms with van der Waals surface area (Å²) in [5.74, 6) is -1.66. The summed E-state index contributed by atoms with van der Waals surface area (Å²) in [5, 5.41) is 0. The summed E-state index contributed by atoms with van der Waals surface area (Å²) < 4.78 is 25.2. The van der Waals surface area contributed by atoms with Gasteiger partial charge in [0, 0.05) is 25.4 Å². The van der Waals surface area contributed by atoms with Gasteiger partial charge in [-0.2, -0.15) is 0 Å². The Bertz CT molecular complexity index is 185. The van der Waals surface area contributed by atoms with Gasteiger partial charge in [-0.3, -0.25) is 4.90 Å².